The minimum atomic E-state index is 0.331. The van der Waals surface area contributed by atoms with Gasteiger partial charge in [0.25, 0.3) is 0 Å². The Labute approximate surface area is 203 Å². The standard InChI is InChI=1S/C30H50N2O/c33-29-17-20-32-19-16-26-25-21-24-13-9-6-7-11-15-28(29)30(32)27(26)14-10-5-3-1-2-4-8-12-18-31(22-24)23-25/h21,25-28,30H,1-20,22-23H2/t25?,26-,27-,28-,30-/m1/s1. The highest BCUT2D eigenvalue weighted by atomic mass is 16.1. The fourth-order valence-electron chi connectivity index (χ4n) is 8.39. The van der Waals surface area contributed by atoms with E-state index in [9.17, 15) is 4.79 Å². The highest BCUT2D eigenvalue weighted by Gasteiger charge is 2.48. The van der Waals surface area contributed by atoms with Gasteiger partial charge in [-0.2, -0.15) is 0 Å². The lowest BCUT2D eigenvalue weighted by Gasteiger charge is -2.53. The summed E-state index contributed by atoms with van der Waals surface area (Å²) < 4.78 is 0. The van der Waals surface area contributed by atoms with Crippen molar-refractivity contribution in [2.45, 2.75) is 115 Å². The van der Waals surface area contributed by atoms with Crippen molar-refractivity contribution in [1.82, 2.24) is 9.80 Å². The second kappa shape index (κ2) is 11.8. The van der Waals surface area contributed by atoms with Gasteiger partial charge in [0, 0.05) is 38.0 Å². The first-order valence-corrected chi connectivity index (χ1v) is 15.0. The average Bonchev–Trinajstić information content (AvgIpc) is 2.82. The molecule has 4 aliphatic heterocycles. The fourth-order valence-corrected chi connectivity index (χ4v) is 8.39. The topological polar surface area (TPSA) is 23.6 Å². The quantitative estimate of drug-likeness (QED) is 0.384. The van der Waals surface area contributed by atoms with E-state index < -0.39 is 0 Å². The number of hydrogen-bond acceptors (Lipinski definition) is 3. The van der Waals surface area contributed by atoms with Crippen LogP contribution in [0.5, 0.6) is 0 Å². The van der Waals surface area contributed by atoms with E-state index >= 15 is 0 Å². The van der Waals surface area contributed by atoms with Gasteiger partial charge in [-0.25, -0.2) is 0 Å². The Bertz CT molecular complexity index is 672. The van der Waals surface area contributed by atoms with Gasteiger partial charge in [-0.15, -0.1) is 0 Å². The maximum Gasteiger partial charge on any atom is 0.138 e. The van der Waals surface area contributed by atoms with E-state index in [1.54, 1.807) is 5.57 Å². The lowest BCUT2D eigenvalue weighted by molar-refractivity contribution is -0.135. The molecule has 6 bridgehead atoms. The van der Waals surface area contributed by atoms with Crippen molar-refractivity contribution in [2.75, 3.05) is 32.7 Å². The molecule has 0 N–H and O–H groups in total. The van der Waals surface area contributed by atoms with Crippen LogP contribution >= 0.6 is 0 Å². The predicted octanol–water partition coefficient (Wildman–Crippen LogP) is 6.62. The molecule has 3 heteroatoms. The molecule has 0 saturated carbocycles. The molecule has 0 aromatic rings. The molecule has 6 atom stereocenters. The minimum Gasteiger partial charge on any atom is -0.299 e. The zero-order valence-electron chi connectivity index (χ0n) is 21.3. The van der Waals surface area contributed by atoms with Crippen LogP contribution in [0, 0.1) is 23.7 Å². The van der Waals surface area contributed by atoms with Gasteiger partial charge in [-0.3, -0.25) is 14.6 Å². The van der Waals surface area contributed by atoms with Crippen LogP contribution in [-0.2, 0) is 4.79 Å². The summed E-state index contributed by atoms with van der Waals surface area (Å²) in [6.45, 7) is 6.12. The number of piperidine rings is 2. The molecule has 0 amide bonds. The van der Waals surface area contributed by atoms with Crippen LogP contribution < -0.4 is 0 Å². The van der Waals surface area contributed by atoms with Gasteiger partial charge in [-0.1, -0.05) is 75.9 Å². The van der Waals surface area contributed by atoms with Crippen LogP contribution in [0.1, 0.15) is 109 Å². The second-order valence-corrected chi connectivity index (χ2v) is 12.3. The molecule has 4 heterocycles. The van der Waals surface area contributed by atoms with Crippen molar-refractivity contribution < 1.29 is 4.79 Å². The summed E-state index contributed by atoms with van der Waals surface area (Å²) in [5, 5.41) is 0. The normalized spacial score (nSPS) is 40.0. The summed E-state index contributed by atoms with van der Waals surface area (Å²) in [5.41, 5.74) is 1.76. The zero-order chi connectivity index (χ0) is 22.5. The molecule has 3 saturated heterocycles. The first kappa shape index (κ1) is 24.0. The molecule has 3 nitrogen and oxygen atoms in total. The first-order valence-electron chi connectivity index (χ1n) is 15.0. The number of nitrogens with zero attached hydrogens (tertiary/aromatic N) is 2. The van der Waals surface area contributed by atoms with E-state index in [0.29, 0.717) is 17.7 Å². The third-order valence-corrected chi connectivity index (χ3v) is 10.1. The van der Waals surface area contributed by atoms with Crippen LogP contribution in [0.25, 0.3) is 0 Å². The Morgan fingerprint density at radius 1 is 0.667 bits per heavy atom. The van der Waals surface area contributed by atoms with Crippen LogP contribution in [0.3, 0.4) is 0 Å². The van der Waals surface area contributed by atoms with Gasteiger partial charge in [0.15, 0.2) is 0 Å². The van der Waals surface area contributed by atoms with Crippen LogP contribution in [0.15, 0.2) is 11.6 Å². The second-order valence-electron chi connectivity index (χ2n) is 12.3. The summed E-state index contributed by atoms with van der Waals surface area (Å²) in [7, 11) is 0. The largest absolute Gasteiger partial charge is 0.299 e. The van der Waals surface area contributed by atoms with Crippen molar-refractivity contribution >= 4 is 5.78 Å². The molecular formula is C30H50N2O. The summed E-state index contributed by atoms with van der Waals surface area (Å²) in [4.78, 5) is 18.9. The smallest absolute Gasteiger partial charge is 0.138 e. The summed E-state index contributed by atoms with van der Waals surface area (Å²) >= 11 is 0. The molecule has 0 aromatic heterocycles. The number of rotatable bonds is 0. The van der Waals surface area contributed by atoms with Crippen LogP contribution in [0.2, 0.25) is 0 Å². The van der Waals surface area contributed by atoms with Crippen molar-refractivity contribution in [3.63, 3.8) is 0 Å². The lowest BCUT2D eigenvalue weighted by atomic mass is 9.64. The molecule has 0 radical (unpaired) electrons. The number of hydrogen-bond donors (Lipinski definition) is 0. The van der Waals surface area contributed by atoms with E-state index in [1.165, 1.54) is 129 Å². The molecule has 1 aliphatic carbocycles. The third-order valence-electron chi connectivity index (χ3n) is 10.1. The van der Waals surface area contributed by atoms with E-state index in [2.05, 4.69) is 15.9 Å². The van der Waals surface area contributed by atoms with Gasteiger partial charge in [0.1, 0.15) is 5.78 Å². The zero-order valence-corrected chi connectivity index (χ0v) is 21.3. The van der Waals surface area contributed by atoms with Crippen molar-refractivity contribution in [1.29, 1.82) is 0 Å². The first-order chi connectivity index (χ1) is 16.3. The Morgan fingerprint density at radius 2 is 1.39 bits per heavy atom. The Kier molecular flexibility index (Phi) is 8.63. The number of Topliss-reactive ketones (excluding diaryl/α,β-unsaturated/α-hetero) is 1. The van der Waals surface area contributed by atoms with Crippen molar-refractivity contribution in [2.24, 2.45) is 23.7 Å². The maximum atomic E-state index is 13.3. The van der Waals surface area contributed by atoms with Gasteiger partial charge in [0.2, 0.25) is 0 Å². The Hall–Kier alpha value is -0.670. The number of carbonyl (C=O) groups is 1. The number of ketones is 1. The highest BCUT2D eigenvalue weighted by Crippen LogP contribution is 2.45. The molecule has 0 spiro atoms. The molecule has 5 rings (SSSR count). The minimum absolute atomic E-state index is 0.331. The number of carbonyl (C=O) groups excluding carboxylic acids is 1. The predicted molar refractivity (Wildman–Crippen MR) is 137 cm³/mol. The summed E-state index contributed by atoms with van der Waals surface area (Å²) in [6.07, 6.45) is 25.5. The van der Waals surface area contributed by atoms with Gasteiger partial charge in [-0.05, 0) is 69.4 Å². The molecule has 2 unspecified atom stereocenters. The van der Waals surface area contributed by atoms with Crippen molar-refractivity contribution in [3.05, 3.63) is 11.6 Å². The van der Waals surface area contributed by atoms with Gasteiger partial charge < -0.3 is 0 Å². The SMILES string of the molecule is O=C1CCN2CC[C@@H]3C4C=C5CCCCCC[C@H]1[C@H]2[C@@H]3CCCCCCCCCCN(C5)C4. The molecule has 186 valence electrons. The van der Waals surface area contributed by atoms with E-state index in [-0.39, 0.29) is 0 Å². The van der Waals surface area contributed by atoms with Crippen LogP contribution in [0.4, 0.5) is 0 Å². The highest BCUT2D eigenvalue weighted by molar-refractivity contribution is 5.82. The molecule has 33 heavy (non-hydrogen) atoms. The Balaban J connectivity index is 1.46. The third kappa shape index (κ3) is 5.95. The van der Waals surface area contributed by atoms with Gasteiger partial charge in [0.05, 0.1) is 0 Å². The lowest BCUT2D eigenvalue weighted by Crippen LogP contribution is -2.59. The monoisotopic (exact) mass is 454 g/mol. The average molecular weight is 455 g/mol. The molecule has 0 aromatic carbocycles. The fraction of sp³-hybridized carbons (Fsp3) is 0.900. The van der Waals surface area contributed by atoms with Crippen molar-refractivity contribution in [3.8, 4) is 0 Å². The van der Waals surface area contributed by atoms with E-state index in [1.807, 2.05) is 0 Å². The van der Waals surface area contributed by atoms with Gasteiger partial charge >= 0.3 is 0 Å². The Morgan fingerprint density at radius 3 is 2.24 bits per heavy atom. The molecule has 5 aliphatic rings. The molecular weight excluding hydrogens is 404 g/mol. The maximum absolute atomic E-state index is 13.3. The van der Waals surface area contributed by atoms with Crippen LogP contribution in [-0.4, -0.2) is 54.3 Å². The summed E-state index contributed by atoms with van der Waals surface area (Å²) in [5.74, 6) is 3.20. The summed E-state index contributed by atoms with van der Waals surface area (Å²) in [6, 6.07) is 0.550. The van der Waals surface area contributed by atoms with E-state index in [0.717, 1.165) is 30.7 Å². The number of fused-ring (bicyclic) bond motifs is 1. The van der Waals surface area contributed by atoms with E-state index in [4.69, 9.17) is 0 Å². The molecule has 3 fully saturated rings.